The molecule has 22 heavy (non-hydrogen) atoms. The van der Waals surface area contributed by atoms with Gasteiger partial charge in [0.15, 0.2) is 0 Å². The molecule has 0 bridgehead atoms. The van der Waals surface area contributed by atoms with Crippen LogP contribution in [0.15, 0.2) is 36.5 Å². The van der Waals surface area contributed by atoms with Crippen molar-refractivity contribution in [3.63, 3.8) is 0 Å². The molecule has 0 saturated heterocycles. The summed E-state index contributed by atoms with van der Waals surface area (Å²) in [4.78, 5) is 19.6. The first-order valence-corrected chi connectivity index (χ1v) is 7.31. The molecule has 0 aliphatic carbocycles. The normalized spacial score (nSPS) is 13.6. The lowest BCUT2D eigenvalue weighted by Gasteiger charge is -2.17. The Morgan fingerprint density at radius 3 is 2.77 bits per heavy atom. The van der Waals surface area contributed by atoms with Crippen molar-refractivity contribution in [1.29, 1.82) is 0 Å². The summed E-state index contributed by atoms with van der Waals surface area (Å²) in [6, 6.07) is 9.04. The van der Waals surface area contributed by atoms with Crippen LogP contribution in [0.2, 0.25) is 0 Å². The molecular weight excluding hydrogens is 280 g/mol. The predicted molar refractivity (Wildman–Crippen MR) is 85.0 cm³/mol. The smallest absolute Gasteiger partial charge is 0.239 e. The average Bonchev–Trinajstić information content (AvgIpc) is 3.03. The van der Waals surface area contributed by atoms with Gasteiger partial charge >= 0.3 is 0 Å². The van der Waals surface area contributed by atoms with E-state index >= 15 is 0 Å². The number of methoxy groups -OCH3 is 1. The second-order valence-electron chi connectivity index (χ2n) is 5.08. The molecule has 6 heteroatoms. The van der Waals surface area contributed by atoms with Gasteiger partial charge in [-0.15, -0.1) is 0 Å². The number of nitrogens with zero attached hydrogens (tertiary/aromatic N) is 1. The lowest BCUT2D eigenvalue weighted by Crippen LogP contribution is -2.44. The van der Waals surface area contributed by atoms with Gasteiger partial charge in [0.2, 0.25) is 5.91 Å². The van der Waals surface area contributed by atoms with Crippen LogP contribution in [0.4, 0.5) is 0 Å². The lowest BCUT2D eigenvalue weighted by molar-refractivity contribution is -0.124. The van der Waals surface area contributed by atoms with E-state index in [4.69, 9.17) is 10.5 Å². The molecule has 1 heterocycles. The van der Waals surface area contributed by atoms with Crippen LogP contribution in [0.25, 0.3) is 11.3 Å². The predicted octanol–water partition coefficient (Wildman–Crippen LogP) is 1.62. The number of amides is 1. The molecule has 4 N–H and O–H groups in total. The third-order valence-corrected chi connectivity index (χ3v) is 3.42. The van der Waals surface area contributed by atoms with E-state index in [-0.39, 0.29) is 18.6 Å². The highest BCUT2D eigenvalue weighted by atomic mass is 16.5. The van der Waals surface area contributed by atoms with Crippen LogP contribution in [-0.2, 0) is 9.53 Å². The quantitative estimate of drug-likeness (QED) is 0.724. The minimum atomic E-state index is -0.678. The van der Waals surface area contributed by atoms with Crippen LogP contribution in [0.1, 0.15) is 25.2 Å². The number of hydrogen-bond acceptors (Lipinski definition) is 4. The number of ether oxygens (including phenoxy) is 1. The number of carbonyl (C=O) groups is 1. The van der Waals surface area contributed by atoms with Crippen LogP contribution < -0.4 is 11.1 Å². The van der Waals surface area contributed by atoms with Gasteiger partial charge in [0, 0.05) is 7.11 Å². The van der Waals surface area contributed by atoms with E-state index in [0.717, 1.165) is 17.1 Å². The van der Waals surface area contributed by atoms with Gasteiger partial charge in [-0.2, -0.15) is 0 Å². The molecule has 0 aliphatic rings. The Morgan fingerprint density at radius 1 is 1.41 bits per heavy atom. The highest BCUT2D eigenvalue weighted by Gasteiger charge is 2.20. The Bertz CT molecular complexity index is 597. The number of benzene rings is 1. The molecule has 118 valence electrons. The van der Waals surface area contributed by atoms with E-state index < -0.39 is 6.04 Å². The maximum Gasteiger partial charge on any atom is 0.239 e. The van der Waals surface area contributed by atoms with Crippen molar-refractivity contribution >= 4 is 5.91 Å². The first-order chi connectivity index (χ1) is 10.7. The molecule has 0 saturated carbocycles. The molecular formula is C16H22N4O2. The third-order valence-electron chi connectivity index (χ3n) is 3.42. The van der Waals surface area contributed by atoms with Gasteiger partial charge < -0.3 is 20.8 Å². The zero-order chi connectivity index (χ0) is 15.9. The van der Waals surface area contributed by atoms with Crippen LogP contribution in [0, 0.1) is 0 Å². The van der Waals surface area contributed by atoms with Crippen molar-refractivity contribution in [3.8, 4) is 11.3 Å². The summed E-state index contributed by atoms with van der Waals surface area (Å²) in [6.45, 7) is 2.17. The first kappa shape index (κ1) is 16.2. The van der Waals surface area contributed by atoms with Gasteiger partial charge in [0.1, 0.15) is 11.9 Å². The van der Waals surface area contributed by atoms with Crippen molar-refractivity contribution in [1.82, 2.24) is 15.3 Å². The highest BCUT2D eigenvalue weighted by Crippen LogP contribution is 2.20. The highest BCUT2D eigenvalue weighted by molar-refractivity contribution is 5.82. The number of nitrogens with two attached hydrogens (primary N) is 1. The summed E-state index contributed by atoms with van der Waals surface area (Å²) >= 11 is 0. The standard InChI is InChI=1S/C16H22N4O2/c1-3-13(20-16(21)12(17)10-22-2)15-18-9-14(19-15)11-7-5-4-6-8-11/h4-9,12-13H,3,10,17H2,1-2H3,(H,18,19)(H,20,21). The van der Waals surface area contributed by atoms with Gasteiger partial charge in [-0.25, -0.2) is 4.98 Å². The molecule has 0 spiro atoms. The van der Waals surface area contributed by atoms with Crippen LogP contribution in [0.3, 0.4) is 0 Å². The molecule has 1 amide bonds. The fraction of sp³-hybridized carbons (Fsp3) is 0.375. The van der Waals surface area contributed by atoms with Gasteiger partial charge in [-0.3, -0.25) is 4.79 Å². The molecule has 2 rings (SSSR count). The largest absolute Gasteiger partial charge is 0.383 e. The van der Waals surface area contributed by atoms with Crippen molar-refractivity contribution in [2.45, 2.75) is 25.4 Å². The molecule has 0 radical (unpaired) electrons. The number of hydrogen-bond donors (Lipinski definition) is 3. The summed E-state index contributed by atoms with van der Waals surface area (Å²) in [7, 11) is 1.52. The van der Waals surface area contributed by atoms with Crippen molar-refractivity contribution in [2.24, 2.45) is 5.73 Å². The fourth-order valence-corrected chi connectivity index (χ4v) is 2.18. The average molecular weight is 302 g/mol. The summed E-state index contributed by atoms with van der Waals surface area (Å²) < 4.78 is 4.90. The Labute approximate surface area is 130 Å². The molecule has 1 aromatic heterocycles. The van der Waals surface area contributed by atoms with E-state index in [9.17, 15) is 4.79 Å². The number of nitrogens with one attached hydrogen (secondary N) is 2. The first-order valence-electron chi connectivity index (χ1n) is 7.31. The zero-order valence-electron chi connectivity index (χ0n) is 12.9. The van der Waals surface area contributed by atoms with E-state index in [2.05, 4.69) is 15.3 Å². The Kier molecular flexibility index (Phi) is 5.68. The van der Waals surface area contributed by atoms with Gasteiger partial charge in [-0.1, -0.05) is 37.3 Å². The fourth-order valence-electron chi connectivity index (χ4n) is 2.18. The van der Waals surface area contributed by atoms with Gasteiger partial charge in [0.05, 0.1) is 24.5 Å². The Morgan fingerprint density at radius 2 is 2.14 bits per heavy atom. The second-order valence-corrected chi connectivity index (χ2v) is 5.08. The van der Waals surface area contributed by atoms with E-state index in [1.165, 1.54) is 7.11 Å². The molecule has 6 nitrogen and oxygen atoms in total. The maximum absolute atomic E-state index is 12.0. The van der Waals surface area contributed by atoms with Crippen molar-refractivity contribution in [2.75, 3.05) is 13.7 Å². The second kappa shape index (κ2) is 7.72. The maximum atomic E-state index is 12.0. The summed E-state index contributed by atoms with van der Waals surface area (Å²) in [5, 5.41) is 2.89. The lowest BCUT2D eigenvalue weighted by atomic mass is 10.2. The third kappa shape index (κ3) is 3.93. The summed E-state index contributed by atoms with van der Waals surface area (Å²) in [6.07, 6.45) is 2.49. The summed E-state index contributed by atoms with van der Waals surface area (Å²) in [5.74, 6) is 0.477. The molecule has 0 aliphatic heterocycles. The number of aromatic amines is 1. The molecule has 0 fully saturated rings. The Hall–Kier alpha value is -2.18. The summed E-state index contributed by atoms with van der Waals surface area (Å²) in [5.41, 5.74) is 7.71. The Balaban J connectivity index is 2.09. The number of imidazole rings is 1. The number of aromatic nitrogens is 2. The van der Waals surface area contributed by atoms with Crippen molar-refractivity contribution in [3.05, 3.63) is 42.4 Å². The van der Waals surface area contributed by atoms with Crippen LogP contribution in [0.5, 0.6) is 0 Å². The van der Waals surface area contributed by atoms with Gasteiger partial charge in [-0.05, 0) is 12.0 Å². The van der Waals surface area contributed by atoms with Crippen molar-refractivity contribution < 1.29 is 9.53 Å². The zero-order valence-corrected chi connectivity index (χ0v) is 12.9. The topological polar surface area (TPSA) is 93.0 Å². The van der Waals surface area contributed by atoms with Crippen LogP contribution in [-0.4, -0.2) is 35.6 Å². The van der Waals surface area contributed by atoms with Crippen LogP contribution >= 0.6 is 0 Å². The number of rotatable bonds is 7. The van der Waals surface area contributed by atoms with E-state index in [1.807, 2.05) is 37.3 Å². The molecule has 2 unspecified atom stereocenters. The molecule has 1 aromatic carbocycles. The monoisotopic (exact) mass is 302 g/mol. The number of carbonyl (C=O) groups excluding carboxylic acids is 1. The van der Waals surface area contributed by atoms with Gasteiger partial charge in [0.25, 0.3) is 0 Å². The minimum absolute atomic E-state index is 0.190. The minimum Gasteiger partial charge on any atom is -0.383 e. The number of H-pyrrole nitrogens is 1. The SMILES string of the molecule is CCC(NC(=O)C(N)COC)c1ncc(-c2ccccc2)[nH]1. The van der Waals surface area contributed by atoms with E-state index in [0.29, 0.717) is 6.42 Å². The molecule has 2 aromatic rings. The van der Waals surface area contributed by atoms with E-state index in [1.54, 1.807) is 6.20 Å². The molecule has 2 atom stereocenters.